The molecule has 0 aliphatic rings. The van der Waals surface area contributed by atoms with Crippen LogP contribution in [-0.2, 0) is 17.9 Å². The standard InChI is InChI=1S/C16H16FNO2S/c1-18(10-13-4-2-3-5-14(13)17)11-15-12(8-9-21-15)6-7-16(19)20/h2-9H,10-11H2,1H3,(H,19,20). The summed E-state index contributed by atoms with van der Waals surface area (Å²) < 4.78 is 13.6. The Balaban J connectivity index is 2.03. The third-order valence-corrected chi connectivity index (χ3v) is 3.92. The topological polar surface area (TPSA) is 40.5 Å². The number of nitrogens with zero attached hydrogens (tertiary/aromatic N) is 1. The maximum Gasteiger partial charge on any atom is 0.328 e. The Hall–Kier alpha value is -1.98. The number of carboxylic acid groups (broad SMARTS) is 1. The second-order valence-electron chi connectivity index (χ2n) is 4.73. The fourth-order valence-corrected chi connectivity index (χ4v) is 2.95. The predicted molar refractivity (Wildman–Crippen MR) is 82.6 cm³/mol. The van der Waals surface area contributed by atoms with Gasteiger partial charge in [0.1, 0.15) is 5.82 Å². The molecule has 2 rings (SSSR count). The van der Waals surface area contributed by atoms with E-state index in [2.05, 4.69) is 0 Å². The number of carbonyl (C=O) groups is 1. The molecule has 1 aromatic carbocycles. The first-order valence-corrected chi connectivity index (χ1v) is 7.33. The van der Waals surface area contributed by atoms with Gasteiger partial charge in [-0.25, -0.2) is 9.18 Å². The quantitative estimate of drug-likeness (QED) is 0.829. The average Bonchev–Trinajstić information content (AvgIpc) is 2.86. The van der Waals surface area contributed by atoms with Gasteiger partial charge in [0.25, 0.3) is 0 Å². The van der Waals surface area contributed by atoms with Crippen LogP contribution in [-0.4, -0.2) is 23.0 Å². The third kappa shape index (κ3) is 4.51. The Morgan fingerprint density at radius 2 is 2.10 bits per heavy atom. The second kappa shape index (κ2) is 7.15. The van der Waals surface area contributed by atoms with Crippen LogP contribution in [0.1, 0.15) is 16.0 Å². The summed E-state index contributed by atoms with van der Waals surface area (Å²) in [6.07, 6.45) is 2.72. The summed E-state index contributed by atoms with van der Waals surface area (Å²) in [5, 5.41) is 10.6. The van der Waals surface area contributed by atoms with Gasteiger partial charge in [0, 0.05) is 29.6 Å². The van der Waals surface area contributed by atoms with Crippen molar-refractivity contribution in [3.63, 3.8) is 0 Å². The summed E-state index contributed by atoms with van der Waals surface area (Å²) in [4.78, 5) is 13.6. The lowest BCUT2D eigenvalue weighted by molar-refractivity contribution is -0.131. The molecular weight excluding hydrogens is 289 g/mol. The largest absolute Gasteiger partial charge is 0.478 e. The van der Waals surface area contributed by atoms with Gasteiger partial charge < -0.3 is 5.11 Å². The second-order valence-corrected chi connectivity index (χ2v) is 5.74. The predicted octanol–water partition coefficient (Wildman–Crippen LogP) is 3.62. The summed E-state index contributed by atoms with van der Waals surface area (Å²) in [6.45, 7) is 1.15. The Labute approximate surface area is 127 Å². The van der Waals surface area contributed by atoms with E-state index in [9.17, 15) is 9.18 Å². The molecule has 0 fully saturated rings. The zero-order chi connectivity index (χ0) is 15.2. The zero-order valence-electron chi connectivity index (χ0n) is 11.6. The van der Waals surface area contributed by atoms with Crippen molar-refractivity contribution in [1.82, 2.24) is 4.90 Å². The molecule has 1 N–H and O–H groups in total. The molecule has 5 heteroatoms. The first-order valence-electron chi connectivity index (χ1n) is 6.45. The van der Waals surface area contributed by atoms with Gasteiger partial charge in [0.05, 0.1) is 0 Å². The van der Waals surface area contributed by atoms with Crippen LogP contribution in [0.3, 0.4) is 0 Å². The molecule has 1 aromatic heterocycles. The lowest BCUT2D eigenvalue weighted by Crippen LogP contribution is -2.17. The molecule has 1 heterocycles. The van der Waals surface area contributed by atoms with Crippen LogP contribution in [0.15, 0.2) is 41.8 Å². The first-order chi connectivity index (χ1) is 10.1. The summed E-state index contributed by atoms with van der Waals surface area (Å²) in [7, 11) is 1.91. The van der Waals surface area contributed by atoms with Crippen molar-refractivity contribution in [2.75, 3.05) is 7.05 Å². The smallest absolute Gasteiger partial charge is 0.328 e. The van der Waals surface area contributed by atoms with E-state index in [1.54, 1.807) is 29.5 Å². The van der Waals surface area contributed by atoms with Gasteiger partial charge in [-0.3, -0.25) is 4.90 Å². The monoisotopic (exact) mass is 305 g/mol. The van der Waals surface area contributed by atoms with E-state index >= 15 is 0 Å². The minimum atomic E-state index is -0.966. The lowest BCUT2D eigenvalue weighted by Gasteiger charge is -2.16. The SMILES string of the molecule is CN(Cc1ccccc1F)Cc1sccc1C=CC(=O)O. The van der Waals surface area contributed by atoms with E-state index in [0.29, 0.717) is 18.7 Å². The van der Waals surface area contributed by atoms with E-state index in [0.717, 1.165) is 16.5 Å². The van der Waals surface area contributed by atoms with Gasteiger partial charge in [-0.05, 0) is 36.2 Å². The lowest BCUT2D eigenvalue weighted by atomic mass is 10.2. The van der Waals surface area contributed by atoms with Crippen molar-refractivity contribution in [3.8, 4) is 0 Å². The van der Waals surface area contributed by atoms with Gasteiger partial charge in [-0.1, -0.05) is 18.2 Å². The molecular formula is C16H16FNO2S. The number of hydrogen-bond donors (Lipinski definition) is 1. The number of halogens is 1. The van der Waals surface area contributed by atoms with Crippen molar-refractivity contribution in [1.29, 1.82) is 0 Å². The van der Waals surface area contributed by atoms with Crippen molar-refractivity contribution in [3.05, 3.63) is 63.6 Å². The number of carboxylic acids is 1. The highest BCUT2D eigenvalue weighted by Gasteiger charge is 2.09. The van der Waals surface area contributed by atoms with Crippen molar-refractivity contribution in [2.45, 2.75) is 13.1 Å². The molecule has 0 spiro atoms. The Bertz CT molecular complexity index is 651. The molecule has 0 amide bonds. The number of hydrogen-bond acceptors (Lipinski definition) is 3. The maximum atomic E-state index is 13.6. The van der Waals surface area contributed by atoms with E-state index < -0.39 is 5.97 Å². The molecule has 110 valence electrons. The van der Waals surface area contributed by atoms with Crippen LogP contribution in [0.2, 0.25) is 0 Å². The molecule has 0 unspecified atom stereocenters. The summed E-state index contributed by atoms with van der Waals surface area (Å²) >= 11 is 1.56. The van der Waals surface area contributed by atoms with E-state index in [1.807, 2.05) is 29.5 Å². The number of aliphatic carboxylic acids is 1. The molecule has 21 heavy (non-hydrogen) atoms. The molecule has 0 saturated carbocycles. The minimum Gasteiger partial charge on any atom is -0.478 e. The zero-order valence-corrected chi connectivity index (χ0v) is 12.4. The maximum absolute atomic E-state index is 13.6. The molecule has 0 atom stereocenters. The number of rotatable bonds is 6. The van der Waals surface area contributed by atoms with Gasteiger partial charge in [-0.2, -0.15) is 0 Å². The van der Waals surface area contributed by atoms with Crippen LogP contribution in [0.5, 0.6) is 0 Å². The van der Waals surface area contributed by atoms with Crippen LogP contribution >= 0.6 is 11.3 Å². The molecule has 0 radical (unpaired) electrons. The van der Waals surface area contributed by atoms with Crippen molar-refractivity contribution in [2.24, 2.45) is 0 Å². The van der Waals surface area contributed by atoms with E-state index in [-0.39, 0.29) is 5.82 Å². The van der Waals surface area contributed by atoms with Crippen LogP contribution < -0.4 is 0 Å². The molecule has 3 nitrogen and oxygen atoms in total. The highest BCUT2D eigenvalue weighted by molar-refractivity contribution is 7.10. The first kappa shape index (κ1) is 15.4. The fraction of sp³-hybridized carbons (Fsp3) is 0.188. The van der Waals surface area contributed by atoms with Crippen LogP contribution in [0.25, 0.3) is 6.08 Å². The van der Waals surface area contributed by atoms with Gasteiger partial charge in [0.15, 0.2) is 0 Å². The van der Waals surface area contributed by atoms with Crippen molar-refractivity contribution >= 4 is 23.4 Å². The normalized spacial score (nSPS) is 11.4. The van der Waals surface area contributed by atoms with Crippen molar-refractivity contribution < 1.29 is 14.3 Å². The Morgan fingerprint density at radius 3 is 2.81 bits per heavy atom. The number of benzene rings is 1. The molecule has 0 aliphatic carbocycles. The van der Waals surface area contributed by atoms with Gasteiger partial charge in [-0.15, -0.1) is 11.3 Å². The summed E-state index contributed by atoms with van der Waals surface area (Å²) in [5.41, 5.74) is 1.54. The highest BCUT2D eigenvalue weighted by atomic mass is 32.1. The molecule has 2 aromatic rings. The van der Waals surface area contributed by atoms with Gasteiger partial charge >= 0.3 is 5.97 Å². The Morgan fingerprint density at radius 1 is 1.33 bits per heavy atom. The summed E-state index contributed by atoms with van der Waals surface area (Å²) in [5.74, 6) is -1.17. The number of thiophene rings is 1. The third-order valence-electron chi connectivity index (χ3n) is 3.00. The molecule has 0 saturated heterocycles. The fourth-order valence-electron chi connectivity index (χ4n) is 2.01. The van der Waals surface area contributed by atoms with Crippen LogP contribution in [0.4, 0.5) is 4.39 Å². The van der Waals surface area contributed by atoms with Gasteiger partial charge in [0.2, 0.25) is 0 Å². The van der Waals surface area contributed by atoms with E-state index in [4.69, 9.17) is 5.11 Å². The molecule has 0 aliphatic heterocycles. The van der Waals surface area contributed by atoms with Crippen LogP contribution in [0, 0.1) is 5.82 Å². The van der Waals surface area contributed by atoms with E-state index in [1.165, 1.54) is 6.07 Å². The molecule has 0 bridgehead atoms. The average molecular weight is 305 g/mol. The highest BCUT2D eigenvalue weighted by Crippen LogP contribution is 2.21. The minimum absolute atomic E-state index is 0.207. The summed E-state index contributed by atoms with van der Waals surface area (Å²) in [6, 6.07) is 8.60. The Kier molecular flexibility index (Phi) is 5.25.